The predicted molar refractivity (Wildman–Crippen MR) is 148 cm³/mol. The van der Waals surface area contributed by atoms with E-state index < -0.39 is 17.7 Å². The summed E-state index contributed by atoms with van der Waals surface area (Å²) in [6.07, 6.45) is 5.25. The third kappa shape index (κ3) is 5.90. The number of Topliss-reactive ketones (excluding diaryl/α,β-unsaturated/α-hetero) is 1. The van der Waals surface area contributed by atoms with Crippen molar-refractivity contribution in [2.24, 2.45) is 0 Å². The molecule has 8 nitrogen and oxygen atoms in total. The number of unbranched alkanes of at least 4 members (excludes halogenated alkanes) is 1. The van der Waals surface area contributed by atoms with Crippen LogP contribution >= 0.6 is 0 Å². The van der Waals surface area contributed by atoms with E-state index in [2.05, 4.69) is 11.9 Å². The van der Waals surface area contributed by atoms with E-state index in [0.717, 1.165) is 24.0 Å². The highest BCUT2D eigenvalue weighted by Crippen LogP contribution is 2.43. The van der Waals surface area contributed by atoms with Crippen LogP contribution in [0.1, 0.15) is 55.0 Å². The number of ether oxygens (including phenoxy) is 3. The zero-order valence-electron chi connectivity index (χ0n) is 22.8. The van der Waals surface area contributed by atoms with E-state index in [9.17, 15) is 14.7 Å². The van der Waals surface area contributed by atoms with Gasteiger partial charge in [-0.25, -0.2) is 0 Å². The van der Waals surface area contributed by atoms with Crippen molar-refractivity contribution in [3.63, 3.8) is 0 Å². The standard InChI is InChI=1S/C31H34N2O6/c1-5-7-15-39-23-11-12-24(20(3)16-23)29(34)27-28(22-10-13-25(38-6-2)26(17-22)37-4)33(31(36)30(27)35)19-21-9-8-14-32-18-21/h8-14,16-18,28,34H,5-7,15,19H2,1-4H3/t28-/m1/s1. The minimum Gasteiger partial charge on any atom is -0.507 e. The number of carbonyl (C=O) groups is 2. The molecular weight excluding hydrogens is 496 g/mol. The van der Waals surface area contributed by atoms with Crippen molar-refractivity contribution in [1.82, 2.24) is 9.88 Å². The molecule has 0 unspecified atom stereocenters. The van der Waals surface area contributed by atoms with Crippen LogP contribution in [-0.2, 0) is 16.1 Å². The fourth-order valence-electron chi connectivity index (χ4n) is 4.68. The molecule has 1 atom stereocenters. The summed E-state index contributed by atoms with van der Waals surface area (Å²) in [4.78, 5) is 32.5. The van der Waals surface area contributed by atoms with E-state index in [-0.39, 0.29) is 17.9 Å². The second-order valence-electron chi connectivity index (χ2n) is 9.31. The molecule has 1 aliphatic rings. The third-order valence-electron chi connectivity index (χ3n) is 6.64. The number of methoxy groups -OCH3 is 1. The van der Waals surface area contributed by atoms with Crippen LogP contribution < -0.4 is 14.2 Å². The molecule has 1 fully saturated rings. The van der Waals surface area contributed by atoms with Gasteiger partial charge in [0.1, 0.15) is 11.5 Å². The van der Waals surface area contributed by atoms with Gasteiger partial charge in [-0.15, -0.1) is 0 Å². The second-order valence-corrected chi connectivity index (χ2v) is 9.31. The molecular formula is C31H34N2O6. The van der Waals surface area contributed by atoms with E-state index >= 15 is 0 Å². The summed E-state index contributed by atoms with van der Waals surface area (Å²) < 4.78 is 17.0. The lowest BCUT2D eigenvalue weighted by atomic mass is 9.93. The minimum absolute atomic E-state index is 0.0119. The number of pyridine rings is 1. The number of hydrogen-bond donors (Lipinski definition) is 1. The number of carbonyl (C=O) groups excluding carboxylic acids is 2. The van der Waals surface area contributed by atoms with Gasteiger partial charge in [0.15, 0.2) is 11.5 Å². The van der Waals surface area contributed by atoms with Crippen molar-refractivity contribution in [2.45, 2.75) is 46.2 Å². The first-order chi connectivity index (χ1) is 18.9. The highest BCUT2D eigenvalue weighted by Gasteiger charge is 2.46. The molecule has 0 radical (unpaired) electrons. The van der Waals surface area contributed by atoms with Crippen LogP contribution in [-0.4, -0.2) is 47.0 Å². The fraction of sp³-hybridized carbons (Fsp3) is 0.323. The molecule has 1 aliphatic heterocycles. The van der Waals surface area contributed by atoms with Gasteiger partial charge in [0, 0.05) is 24.5 Å². The smallest absolute Gasteiger partial charge is 0.295 e. The largest absolute Gasteiger partial charge is 0.507 e. The van der Waals surface area contributed by atoms with Gasteiger partial charge in [-0.3, -0.25) is 14.6 Å². The van der Waals surface area contributed by atoms with Gasteiger partial charge in [-0.2, -0.15) is 0 Å². The molecule has 204 valence electrons. The molecule has 1 saturated heterocycles. The number of rotatable bonds is 11. The van der Waals surface area contributed by atoms with Crippen molar-refractivity contribution >= 4 is 17.4 Å². The molecule has 0 spiro atoms. The van der Waals surface area contributed by atoms with Crippen molar-refractivity contribution < 1.29 is 28.9 Å². The fourth-order valence-corrected chi connectivity index (χ4v) is 4.68. The number of hydrogen-bond acceptors (Lipinski definition) is 7. The molecule has 0 saturated carbocycles. The highest BCUT2D eigenvalue weighted by molar-refractivity contribution is 6.46. The summed E-state index contributed by atoms with van der Waals surface area (Å²) in [6.45, 7) is 6.99. The number of ketones is 1. The molecule has 2 aromatic carbocycles. The lowest BCUT2D eigenvalue weighted by Gasteiger charge is -2.26. The maximum absolute atomic E-state index is 13.5. The van der Waals surface area contributed by atoms with Crippen LogP contribution in [0.15, 0.2) is 66.5 Å². The van der Waals surface area contributed by atoms with Gasteiger partial charge in [-0.1, -0.05) is 25.5 Å². The van der Waals surface area contributed by atoms with Gasteiger partial charge >= 0.3 is 0 Å². The molecule has 1 aromatic heterocycles. The Hall–Kier alpha value is -4.33. The Balaban J connectivity index is 1.82. The molecule has 1 N–H and O–H groups in total. The number of aliphatic hydroxyl groups excluding tert-OH is 1. The van der Waals surface area contributed by atoms with Gasteiger partial charge in [-0.05, 0) is 73.4 Å². The van der Waals surface area contributed by atoms with E-state index in [1.54, 1.807) is 48.8 Å². The maximum Gasteiger partial charge on any atom is 0.295 e. The molecule has 39 heavy (non-hydrogen) atoms. The number of nitrogens with zero attached hydrogens (tertiary/aromatic N) is 2. The van der Waals surface area contributed by atoms with Crippen molar-refractivity contribution in [3.8, 4) is 17.2 Å². The summed E-state index contributed by atoms with van der Waals surface area (Å²) in [5.41, 5.74) is 2.56. The van der Waals surface area contributed by atoms with E-state index in [0.29, 0.717) is 41.6 Å². The lowest BCUT2D eigenvalue weighted by molar-refractivity contribution is -0.140. The monoisotopic (exact) mass is 530 g/mol. The number of benzene rings is 2. The summed E-state index contributed by atoms with van der Waals surface area (Å²) in [5.74, 6) is 0.000657. The number of likely N-dealkylation sites (tertiary alicyclic amines) is 1. The molecule has 0 aliphatic carbocycles. The molecule has 3 aromatic rings. The first kappa shape index (κ1) is 27.7. The molecule has 0 bridgehead atoms. The summed E-state index contributed by atoms with van der Waals surface area (Å²) in [5, 5.41) is 11.5. The zero-order valence-corrected chi connectivity index (χ0v) is 22.8. The first-order valence-electron chi connectivity index (χ1n) is 13.1. The van der Waals surface area contributed by atoms with Crippen LogP contribution in [0.3, 0.4) is 0 Å². The topological polar surface area (TPSA) is 98.2 Å². The Morgan fingerprint density at radius 2 is 1.87 bits per heavy atom. The van der Waals surface area contributed by atoms with E-state index in [4.69, 9.17) is 14.2 Å². The van der Waals surface area contributed by atoms with E-state index in [1.807, 2.05) is 26.0 Å². The third-order valence-corrected chi connectivity index (χ3v) is 6.64. The molecule has 8 heteroatoms. The van der Waals surface area contributed by atoms with Crippen LogP contribution in [0.4, 0.5) is 0 Å². The van der Waals surface area contributed by atoms with Gasteiger partial charge in [0.05, 0.1) is 31.9 Å². The Morgan fingerprint density at radius 1 is 1.05 bits per heavy atom. The number of aliphatic hydroxyl groups is 1. The molecule has 4 rings (SSSR count). The van der Waals surface area contributed by atoms with Gasteiger partial charge in [0.25, 0.3) is 11.7 Å². The number of aromatic nitrogens is 1. The zero-order chi connectivity index (χ0) is 27.9. The van der Waals surface area contributed by atoms with Crippen LogP contribution in [0.25, 0.3) is 5.76 Å². The predicted octanol–water partition coefficient (Wildman–Crippen LogP) is 5.60. The lowest BCUT2D eigenvalue weighted by Crippen LogP contribution is -2.29. The van der Waals surface area contributed by atoms with Crippen LogP contribution in [0.2, 0.25) is 0 Å². The summed E-state index contributed by atoms with van der Waals surface area (Å²) in [6, 6.07) is 13.3. The average molecular weight is 531 g/mol. The Bertz CT molecular complexity index is 1370. The summed E-state index contributed by atoms with van der Waals surface area (Å²) >= 11 is 0. The van der Waals surface area contributed by atoms with Crippen molar-refractivity contribution in [2.75, 3.05) is 20.3 Å². The number of amides is 1. The maximum atomic E-state index is 13.5. The van der Waals surface area contributed by atoms with Crippen LogP contribution in [0.5, 0.6) is 17.2 Å². The highest BCUT2D eigenvalue weighted by atomic mass is 16.5. The Labute approximate surface area is 228 Å². The minimum atomic E-state index is -0.852. The average Bonchev–Trinajstić information content (AvgIpc) is 3.19. The van der Waals surface area contributed by atoms with Crippen LogP contribution in [0, 0.1) is 6.92 Å². The first-order valence-corrected chi connectivity index (χ1v) is 13.1. The van der Waals surface area contributed by atoms with E-state index in [1.165, 1.54) is 12.0 Å². The summed E-state index contributed by atoms with van der Waals surface area (Å²) in [7, 11) is 1.53. The van der Waals surface area contributed by atoms with Gasteiger partial charge in [0.2, 0.25) is 0 Å². The quantitative estimate of drug-likeness (QED) is 0.149. The molecule has 1 amide bonds. The van der Waals surface area contributed by atoms with Crippen molar-refractivity contribution in [3.05, 3.63) is 88.8 Å². The normalized spacial score (nSPS) is 16.4. The van der Waals surface area contributed by atoms with Crippen molar-refractivity contribution in [1.29, 1.82) is 0 Å². The Morgan fingerprint density at radius 3 is 2.54 bits per heavy atom. The molecule has 2 heterocycles. The SMILES string of the molecule is CCCCOc1ccc(C(O)=C2C(=O)C(=O)N(Cc3cccnc3)[C@@H]2c2ccc(OCC)c(OC)c2)c(C)c1. The Kier molecular flexibility index (Phi) is 8.86. The number of aryl methyl sites for hydroxylation is 1. The second kappa shape index (κ2) is 12.5. The van der Waals surface area contributed by atoms with Gasteiger partial charge < -0.3 is 24.2 Å².